The second kappa shape index (κ2) is 5.32. The van der Waals surface area contributed by atoms with Crippen molar-refractivity contribution in [3.05, 3.63) is 55.8 Å². The van der Waals surface area contributed by atoms with Gasteiger partial charge in [0.1, 0.15) is 10.9 Å². The SMILES string of the molecule is CCc1c(Cl)[nH]c(=O)n(-c2ccccc2OC)c1=O. The van der Waals surface area contributed by atoms with E-state index in [4.69, 9.17) is 16.3 Å². The number of H-pyrrole nitrogens is 1. The Bertz CT molecular complexity index is 719. The zero-order valence-electron chi connectivity index (χ0n) is 10.6. The average molecular weight is 281 g/mol. The Kier molecular flexibility index (Phi) is 3.76. The van der Waals surface area contributed by atoms with Gasteiger partial charge in [0.15, 0.2) is 0 Å². The molecule has 0 atom stereocenters. The second-order valence-corrected chi connectivity index (χ2v) is 4.27. The van der Waals surface area contributed by atoms with E-state index in [1.807, 2.05) is 0 Å². The molecule has 1 aromatic heterocycles. The van der Waals surface area contributed by atoms with E-state index in [1.165, 1.54) is 7.11 Å². The number of aromatic nitrogens is 2. The van der Waals surface area contributed by atoms with Gasteiger partial charge in [0.25, 0.3) is 5.56 Å². The van der Waals surface area contributed by atoms with E-state index in [0.717, 1.165) is 4.57 Å². The van der Waals surface area contributed by atoms with Crippen LogP contribution in [0.15, 0.2) is 33.9 Å². The summed E-state index contributed by atoms with van der Waals surface area (Å²) in [4.78, 5) is 26.7. The predicted octanol–water partition coefficient (Wildman–Crippen LogP) is 1.75. The summed E-state index contributed by atoms with van der Waals surface area (Å²) < 4.78 is 6.20. The van der Waals surface area contributed by atoms with E-state index in [-0.39, 0.29) is 5.15 Å². The van der Waals surface area contributed by atoms with Crippen molar-refractivity contribution in [1.29, 1.82) is 0 Å². The number of benzene rings is 1. The van der Waals surface area contributed by atoms with Crippen LogP contribution in [-0.4, -0.2) is 16.7 Å². The van der Waals surface area contributed by atoms with Crippen molar-refractivity contribution in [3.63, 3.8) is 0 Å². The number of halogens is 1. The maximum Gasteiger partial charge on any atom is 0.334 e. The van der Waals surface area contributed by atoms with E-state index < -0.39 is 11.2 Å². The highest BCUT2D eigenvalue weighted by atomic mass is 35.5. The molecular formula is C13H13ClN2O3. The quantitative estimate of drug-likeness (QED) is 0.871. The third-order valence-electron chi connectivity index (χ3n) is 2.83. The van der Waals surface area contributed by atoms with Crippen molar-refractivity contribution < 1.29 is 4.74 Å². The topological polar surface area (TPSA) is 64.1 Å². The number of para-hydroxylation sites is 2. The van der Waals surface area contributed by atoms with Crippen molar-refractivity contribution in [3.8, 4) is 11.4 Å². The predicted molar refractivity (Wildman–Crippen MR) is 73.6 cm³/mol. The normalized spacial score (nSPS) is 10.5. The number of nitrogens with zero attached hydrogens (tertiary/aromatic N) is 1. The molecule has 0 spiro atoms. The van der Waals surface area contributed by atoms with E-state index in [0.29, 0.717) is 23.4 Å². The van der Waals surface area contributed by atoms with Crippen LogP contribution in [0.1, 0.15) is 12.5 Å². The lowest BCUT2D eigenvalue weighted by Gasteiger charge is -2.11. The van der Waals surface area contributed by atoms with Gasteiger partial charge < -0.3 is 4.74 Å². The summed E-state index contributed by atoms with van der Waals surface area (Å²) in [5.74, 6) is 0.444. The minimum absolute atomic E-state index is 0.0867. The second-order valence-electron chi connectivity index (χ2n) is 3.89. The minimum Gasteiger partial charge on any atom is -0.495 e. The minimum atomic E-state index is -0.586. The summed E-state index contributed by atoms with van der Waals surface area (Å²) in [5, 5.41) is 0.0867. The van der Waals surface area contributed by atoms with Crippen LogP contribution < -0.4 is 16.0 Å². The molecular weight excluding hydrogens is 268 g/mol. The molecule has 0 saturated carbocycles. The van der Waals surface area contributed by atoms with Crippen LogP contribution in [0.4, 0.5) is 0 Å². The summed E-state index contributed by atoms with van der Waals surface area (Å²) in [6.45, 7) is 1.80. The third kappa shape index (κ3) is 2.29. The first kappa shape index (κ1) is 13.4. The Morgan fingerprint density at radius 3 is 2.63 bits per heavy atom. The Labute approximate surface area is 114 Å². The fourth-order valence-electron chi connectivity index (χ4n) is 1.89. The van der Waals surface area contributed by atoms with E-state index in [1.54, 1.807) is 31.2 Å². The Morgan fingerprint density at radius 2 is 2.00 bits per heavy atom. The van der Waals surface area contributed by atoms with Crippen LogP contribution in [-0.2, 0) is 6.42 Å². The van der Waals surface area contributed by atoms with Gasteiger partial charge in [-0.1, -0.05) is 30.7 Å². The zero-order valence-corrected chi connectivity index (χ0v) is 11.3. The molecule has 0 aliphatic rings. The number of ether oxygens (including phenoxy) is 1. The van der Waals surface area contributed by atoms with Crippen LogP contribution in [0.3, 0.4) is 0 Å². The molecule has 1 heterocycles. The average Bonchev–Trinajstić information content (AvgIpc) is 2.39. The summed E-state index contributed by atoms with van der Waals surface area (Å²) in [7, 11) is 1.48. The molecule has 100 valence electrons. The first-order valence-electron chi connectivity index (χ1n) is 5.77. The van der Waals surface area contributed by atoms with Crippen molar-refractivity contribution in [2.24, 2.45) is 0 Å². The number of rotatable bonds is 3. The third-order valence-corrected chi connectivity index (χ3v) is 3.15. The van der Waals surface area contributed by atoms with Crippen LogP contribution in [0.5, 0.6) is 5.75 Å². The molecule has 2 rings (SSSR count). The number of aromatic amines is 1. The van der Waals surface area contributed by atoms with Crippen LogP contribution in [0, 0.1) is 0 Å². The lowest BCUT2D eigenvalue weighted by atomic mass is 10.2. The molecule has 0 radical (unpaired) electrons. The monoisotopic (exact) mass is 280 g/mol. The standard InChI is InChI=1S/C13H13ClN2O3/c1-3-8-11(14)15-13(18)16(12(8)17)9-6-4-5-7-10(9)19-2/h4-7H,3H2,1-2H3,(H,15,18). The first-order valence-corrected chi connectivity index (χ1v) is 6.15. The molecule has 0 unspecified atom stereocenters. The van der Waals surface area contributed by atoms with Crippen LogP contribution >= 0.6 is 11.6 Å². The number of hydrogen-bond donors (Lipinski definition) is 1. The van der Waals surface area contributed by atoms with Crippen molar-refractivity contribution in [2.75, 3.05) is 7.11 Å². The highest BCUT2D eigenvalue weighted by Gasteiger charge is 2.15. The van der Waals surface area contributed by atoms with Gasteiger partial charge in [-0.05, 0) is 18.6 Å². The summed E-state index contributed by atoms with van der Waals surface area (Å²) >= 11 is 5.87. The smallest absolute Gasteiger partial charge is 0.334 e. The number of nitrogens with one attached hydrogen (secondary N) is 1. The zero-order chi connectivity index (χ0) is 14.0. The number of methoxy groups -OCH3 is 1. The Hall–Kier alpha value is -2.01. The number of hydrogen-bond acceptors (Lipinski definition) is 3. The summed E-state index contributed by atoms with van der Waals surface area (Å²) in [5.41, 5.74) is -0.257. The maximum absolute atomic E-state index is 12.3. The highest BCUT2D eigenvalue weighted by molar-refractivity contribution is 6.30. The van der Waals surface area contributed by atoms with Gasteiger partial charge in [-0.3, -0.25) is 9.78 Å². The largest absolute Gasteiger partial charge is 0.495 e. The molecule has 2 aromatic rings. The van der Waals surface area contributed by atoms with E-state index >= 15 is 0 Å². The van der Waals surface area contributed by atoms with Crippen molar-refractivity contribution >= 4 is 11.6 Å². The molecule has 0 fully saturated rings. The lowest BCUT2D eigenvalue weighted by Crippen LogP contribution is -2.36. The van der Waals surface area contributed by atoms with Gasteiger partial charge in [-0.25, -0.2) is 9.36 Å². The van der Waals surface area contributed by atoms with Gasteiger partial charge >= 0.3 is 5.69 Å². The van der Waals surface area contributed by atoms with Crippen LogP contribution in [0.2, 0.25) is 5.15 Å². The first-order chi connectivity index (χ1) is 9.10. The van der Waals surface area contributed by atoms with Crippen molar-refractivity contribution in [1.82, 2.24) is 9.55 Å². The molecule has 0 aliphatic heterocycles. The molecule has 0 amide bonds. The van der Waals surface area contributed by atoms with Gasteiger partial charge in [0.05, 0.1) is 18.4 Å². The van der Waals surface area contributed by atoms with Crippen LogP contribution in [0.25, 0.3) is 5.69 Å². The molecule has 0 bridgehead atoms. The highest BCUT2D eigenvalue weighted by Crippen LogP contribution is 2.19. The fraction of sp³-hybridized carbons (Fsp3) is 0.231. The Balaban J connectivity index is 2.83. The molecule has 0 aliphatic carbocycles. The van der Waals surface area contributed by atoms with E-state index in [9.17, 15) is 9.59 Å². The Morgan fingerprint density at radius 1 is 1.32 bits per heavy atom. The summed E-state index contributed by atoms with van der Waals surface area (Å²) in [6, 6.07) is 6.81. The van der Waals surface area contributed by atoms with Gasteiger partial charge in [0.2, 0.25) is 0 Å². The van der Waals surface area contributed by atoms with Gasteiger partial charge in [-0.15, -0.1) is 0 Å². The fourth-order valence-corrected chi connectivity index (χ4v) is 2.18. The molecule has 1 N–H and O–H groups in total. The molecule has 0 saturated heterocycles. The lowest BCUT2D eigenvalue weighted by molar-refractivity contribution is 0.412. The van der Waals surface area contributed by atoms with Gasteiger partial charge in [-0.2, -0.15) is 0 Å². The molecule has 1 aromatic carbocycles. The maximum atomic E-state index is 12.3. The molecule has 19 heavy (non-hydrogen) atoms. The molecule has 5 nitrogen and oxygen atoms in total. The van der Waals surface area contributed by atoms with Crippen molar-refractivity contribution in [2.45, 2.75) is 13.3 Å². The van der Waals surface area contributed by atoms with Gasteiger partial charge in [0, 0.05) is 0 Å². The van der Waals surface area contributed by atoms with E-state index in [2.05, 4.69) is 4.98 Å². The molecule has 6 heteroatoms. The summed E-state index contributed by atoms with van der Waals surface area (Å²) in [6.07, 6.45) is 0.434.